The minimum absolute atomic E-state index is 0.0594. The number of benzene rings is 2. The summed E-state index contributed by atoms with van der Waals surface area (Å²) in [6.07, 6.45) is -0.927. The van der Waals surface area contributed by atoms with E-state index in [1.54, 1.807) is 19.0 Å². The topological polar surface area (TPSA) is 70.6 Å². The Labute approximate surface area is 176 Å². The van der Waals surface area contributed by atoms with Crippen LogP contribution < -0.4 is 14.7 Å². The molecule has 3 amide bonds. The largest absolute Gasteiger partial charge is 0.465 e. The van der Waals surface area contributed by atoms with Crippen molar-refractivity contribution in [3.05, 3.63) is 48.5 Å². The molecule has 0 spiro atoms. The third-order valence-electron chi connectivity index (χ3n) is 5.70. The van der Waals surface area contributed by atoms with Crippen LogP contribution in [0.3, 0.4) is 0 Å². The van der Waals surface area contributed by atoms with Gasteiger partial charge >= 0.3 is 12.1 Å². The van der Waals surface area contributed by atoms with Gasteiger partial charge in [-0.25, -0.2) is 9.59 Å². The van der Waals surface area contributed by atoms with E-state index in [-0.39, 0.29) is 6.03 Å². The fourth-order valence-corrected chi connectivity index (χ4v) is 4.11. The number of piperazine rings is 1. The Morgan fingerprint density at radius 1 is 0.800 bits per heavy atom. The van der Waals surface area contributed by atoms with Crippen LogP contribution in [0.5, 0.6) is 0 Å². The molecule has 0 unspecified atom stereocenters. The highest BCUT2D eigenvalue weighted by molar-refractivity contribution is 5.94. The Balaban J connectivity index is 1.48. The molecule has 0 saturated carbocycles. The molecule has 158 valence electrons. The number of anilines is 4. The molecule has 2 aliphatic rings. The second-order valence-electron chi connectivity index (χ2n) is 7.74. The fourth-order valence-electron chi connectivity index (χ4n) is 4.11. The van der Waals surface area contributed by atoms with Crippen LogP contribution >= 0.6 is 0 Å². The molecule has 2 heterocycles. The van der Waals surface area contributed by atoms with Crippen LogP contribution in [0.4, 0.5) is 32.3 Å². The van der Waals surface area contributed by atoms with Gasteiger partial charge < -0.3 is 24.7 Å². The van der Waals surface area contributed by atoms with E-state index in [2.05, 4.69) is 34.1 Å². The van der Waals surface area contributed by atoms with Crippen molar-refractivity contribution < 1.29 is 14.7 Å². The number of carbonyl (C=O) groups is 2. The Bertz CT molecular complexity index is 923. The molecule has 2 aromatic carbocycles. The molecule has 0 aliphatic carbocycles. The standard InChI is InChI=1S/C22H27N5O3/c1-23(2)21(28)25-13-11-24(12-14-25)17-7-9-18(10-8-17)26-15-16-27(22(29)30)20-6-4-3-5-19(20)26/h3-10H,11-16H2,1-2H3,(H,29,30). The molecule has 1 N–H and O–H groups in total. The van der Waals surface area contributed by atoms with E-state index in [4.69, 9.17) is 0 Å². The van der Waals surface area contributed by atoms with E-state index < -0.39 is 6.09 Å². The smallest absolute Gasteiger partial charge is 0.411 e. The quantitative estimate of drug-likeness (QED) is 0.825. The van der Waals surface area contributed by atoms with E-state index in [0.29, 0.717) is 31.9 Å². The van der Waals surface area contributed by atoms with Gasteiger partial charge in [0.2, 0.25) is 0 Å². The summed E-state index contributed by atoms with van der Waals surface area (Å²) >= 11 is 0. The first-order valence-corrected chi connectivity index (χ1v) is 10.1. The van der Waals surface area contributed by atoms with Gasteiger partial charge in [0.1, 0.15) is 0 Å². The van der Waals surface area contributed by atoms with Crippen LogP contribution in [-0.4, -0.2) is 80.4 Å². The molecule has 8 heteroatoms. The summed E-state index contributed by atoms with van der Waals surface area (Å²) in [6, 6.07) is 16.0. The van der Waals surface area contributed by atoms with E-state index in [9.17, 15) is 14.7 Å². The zero-order valence-electron chi connectivity index (χ0n) is 17.4. The number of hydrogen-bond donors (Lipinski definition) is 1. The molecule has 0 aromatic heterocycles. The van der Waals surface area contributed by atoms with Crippen molar-refractivity contribution in [3.8, 4) is 0 Å². The van der Waals surface area contributed by atoms with E-state index >= 15 is 0 Å². The molecule has 0 radical (unpaired) electrons. The number of para-hydroxylation sites is 2. The third-order valence-corrected chi connectivity index (χ3v) is 5.70. The summed E-state index contributed by atoms with van der Waals surface area (Å²) in [5.74, 6) is 0. The van der Waals surface area contributed by atoms with Gasteiger partial charge in [-0.15, -0.1) is 0 Å². The second-order valence-corrected chi connectivity index (χ2v) is 7.74. The highest BCUT2D eigenvalue weighted by Gasteiger charge is 2.27. The number of rotatable bonds is 2. The summed E-state index contributed by atoms with van der Waals surface area (Å²) < 4.78 is 0. The third kappa shape index (κ3) is 3.72. The summed E-state index contributed by atoms with van der Waals surface area (Å²) in [5, 5.41) is 9.48. The van der Waals surface area contributed by atoms with Gasteiger partial charge in [0.15, 0.2) is 0 Å². The maximum Gasteiger partial charge on any atom is 0.411 e. The zero-order valence-corrected chi connectivity index (χ0v) is 17.4. The lowest BCUT2D eigenvalue weighted by molar-refractivity contribution is 0.168. The molecular weight excluding hydrogens is 382 g/mol. The monoisotopic (exact) mass is 409 g/mol. The lowest BCUT2D eigenvalue weighted by atomic mass is 10.1. The summed E-state index contributed by atoms with van der Waals surface area (Å²) in [4.78, 5) is 33.0. The Morgan fingerprint density at radius 2 is 1.40 bits per heavy atom. The lowest BCUT2D eigenvalue weighted by Gasteiger charge is -2.38. The number of fused-ring (bicyclic) bond motifs is 1. The molecule has 8 nitrogen and oxygen atoms in total. The number of amides is 3. The number of carbonyl (C=O) groups excluding carboxylic acids is 1. The van der Waals surface area contributed by atoms with Crippen molar-refractivity contribution in [2.45, 2.75) is 0 Å². The van der Waals surface area contributed by atoms with Crippen LogP contribution in [0, 0.1) is 0 Å². The van der Waals surface area contributed by atoms with Crippen LogP contribution in [0.25, 0.3) is 0 Å². The predicted octanol–water partition coefficient (Wildman–Crippen LogP) is 3.13. The average molecular weight is 409 g/mol. The highest BCUT2D eigenvalue weighted by atomic mass is 16.4. The minimum atomic E-state index is -0.927. The molecule has 2 aliphatic heterocycles. The van der Waals surface area contributed by atoms with Crippen molar-refractivity contribution in [2.24, 2.45) is 0 Å². The molecule has 1 fully saturated rings. The first-order chi connectivity index (χ1) is 14.5. The average Bonchev–Trinajstić information content (AvgIpc) is 2.78. The van der Waals surface area contributed by atoms with Crippen molar-refractivity contribution in [1.29, 1.82) is 0 Å². The Morgan fingerprint density at radius 3 is 2.00 bits per heavy atom. The van der Waals surface area contributed by atoms with Gasteiger partial charge in [-0.2, -0.15) is 0 Å². The summed E-state index contributed by atoms with van der Waals surface area (Å²) in [6.45, 7) is 4.06. The molecule has 1 saturated heterocycles. The molecule has 30 heavy (non-hydrogen) atoms. The molecular formula is C22H27N5O3. The van der Waals surface area contributed by atoms with Gasteiger partial charge in [-0.3, -0.25) is 4.90 Å². The van der Waals surface area contributed by atoms with E-state index in [1.807, 2.05) is 29.2 Å². The maximum absolute atomic E-state index is 12.1. The van der Waals surface area contributed by atoms with Crippen molar-refractivity contribution in [2.75, 3.05) is 68.1 Å². The number of hydrogen-bond acceptors (Lipinski definition) is 4. The fraction of sp³-hybridized carbons (Fsp3) is 0.364. The predicted molar refractivity (Wildman–Crippen MR) is 118 cm³/mol. The van der Waals surface area contributed by atoms with Crippen molar-refractivity contribution >= 4 is 34.9 Å². The Hall–Kier alpha value is -3.42. The molecule has 4 rings (SSSR count). The van der Waals surface area contributed by atoms with Crippen LogP contribution in [0.1, 0.15) is 0 Å². The lowest BCUT2D eigenvalue weighted by Crippen LogP contribution is -2.51. The van der Waals surface area contributed by atoms with Gasteiger partial charge in [-0.1, -0.05) is 12.1 Å². The number of carboxylic acid groups (broad SMARTS) is 1. The van der Waals surface area contributed by atoms with Gasteiger partial charge in [-0.05, 0) is 36.4 Å². The van der Waals surface area contributed by atoms with E-state index in [1.165, 1.54) is 4.90 Å². The van der Waals surface area contributed by atoms with Gasteiger partial charge in [0, 0.05) is 64.7 Å². The highest BCUT2D eigenvalue weighted by Crippen LogP contribution is 2.38. The second kappa shape index (κ2) is 8.14. The van der Waals surface area contributed by atoms with Gasteiger partial charge in [0.05, 0.1) is 11.4 Å². The first-order valence-electron chi connectivity index (χ1n) is 10.1. The Kier molecular flexibility index (Phi) is 5.39. The number of urea groups is 1. The molecule has 2 aromatic rings. The van der Waals surface area contributed by atoms with Crippen LogP contribution in [0.2, 0.25) is 0 Å². The first kappa shape index (κ1) is 19.9. The normalized spacial score (nSPS) is 16.3. The van der Waals surface area contributed by atoms with Crippen molar-refractivity contribution in [1.82, 2.24) is 9.80 Å². The molecule has 0 bridgehead atoms. The van der Waals surface area contributed by atoms with E-state index in [0.717, 1.165) is 30.2 Å². The van der Waals surface area contributed by atoms with Crippen LogP contribution in [-0.2, 0) is 0 Å². The summed E-state index contributed by atoms with van der Waals surface area (Å²) in [7, 11) is 3.56. The van der Waals surface area contributed by atoms with Gasteiger partial charge in [0.25, 0.3) is 0 Å². The number of nitrogens with zero attached hydrogens (tertiary/aromatic N) is 5. The molecule has 0 atom stereocenters. The SMILES string of the molecule is CN(C)C(=O)N1CCN(c2ccc(N3CCN(C(=O)O)c4ccccc43)cc2)CC1. The summed E-state index contributed by atoms with van der Waals surface area (Å²) in [5.41, 5.74) is 3.78. The van der Waals surface area contributed by atoms with Crippen LogP contribution in [0.15, 0.2) is 48.5 Å². The maximum atomic E-state index is 12.1. The van der Waals surface area contributed by atoms with Crippen molar-refractivity contribution in [3.63, 3.8) is 0 Å². The zero-order chi connectivity index (χ0) is 21.3. The minimum Gasteiger partial charge on any atom is -0.465 e.